The Hall–Kier alpha value is -2.48. The first-order chi connectivity index (χ1) is 16.6. The van der Waals surface area contributed by atoms with Crippen LogP contribution in [0.1, 0.15) is 77.6 Å². The number of hydrogen-bond acceptors (Lipinski definition) is 6. The lowest BCUT2D eigenvalue weighted by atomic mass is 10.0. The van der Waals surface area contributed by atoms with E-state index in [1.165, 1.54) is 0 Å². The molecule has 1 aromatic carbocycles. The highest BCUT2D eigenvalue weighted by Gasteiger charge is 2.34. The first kappa shape index (κ1) is 28.8. The molecule has 0 bridgehead atoms. The Morgan fingerprint density at radius 3 is 2.46 bits per heavy atom. The van der Waals surface area contributed by atoms with Crippen molar-refractivity contribution in [3.05, 3.63) is 23.8 Å². The summed E-state index contributed by atoms with van der Waals surface area (Å²) in [4.78, 5) is 30.0. The van der Waals surface area contributed by atoms with E-state index in [-0.39, 0.29) is 24.1 Å². The van der Waals surface area contributed by atoms with Gasteiger partial charge in [-0.15, -0.1) is 0 Å². The smallest absolute Gasteiger partial charge is 0.410 e. The van der Waals surface area contributed by atoms with Crippen LogP contribution in [0.4, 0.5) is 4.79 Å². The Kier molecular flexibility index (Phi) is 11.1. The SMILES string of the molecule is CCCOc1ccc(C(=O)N(C(C)C)[C@@H]2CCCN(C(=O)OC(C)(C)C)C2)cc1OCCCOC. The van der Waals surface area contributed by atoms with Crippen molar-refractivity contribution in [2.24, 2.45) is 0 Å². The first-order valence-electron chi connectivity index (χ1n) is 12.8. The van der Waals surface area contributed by atoms with Gasteiger partial charge in [-0.3, -0.25) is 4.79 Å². The third kappa shape index (κ3) is 8.91. The molecule has 2 amide bonds. The van der Waals surface area contributed by atoms with Crippen LogP contribution in [0, 0.1) is 0 Å². The van der Waals surface area contributed by atoms with Gasteiger partial charge in [0.25, 0.3) is 5.91 Å². The second kappa shape index (κ2) is 13.6. The minimum atomic E-state index is -0.557. The zero-order valence-electron chi connectivity index (χ0n) is 22.6. The summed E-state index contributed by atoms with van der Waals surface area (Å²) in [7, 11) is 1.66. The highest BCUT2D eigenvalue weighted by molar-refractivity contribution is 5.95. The molecule has 2 rings (SSSR count). The van der Waals surface area contributed by atoms with Crippen LogP contribution in [0.5, 0.6) is 11.5 Å². The predicted octanol–water partition coefficient (Wildman–Crippen LogP) is 5.14. The standard InChI is InChI=1S/C27H44N2O6/c1-8-15-33-23-13-12-21(18-24(23)34-17-10-16-32-7)25(30)29(20(2)3)22-11-9-14-28(19-22)26(31)35-27(4,5)6/h12-13,18,20,22H,8-11,14-17,19H2,1-7H3/t22-/m1/s1. The van der Waals surface area contributed by atoms with Crippen LogP contribution >= 0.6 is 0 Å². The van der Waals surface area contributed by atoms with Gasteiger partial charge >= 0.3 is 6.09 Å². The lowest BCUT2D eigenvalue weighted by molar-refractivity contribution is 0.00752. The summed E-state index contributed by atoms with van der Waals surface area (Å²) < 4.78 is 22.5. The maximum atomic E-state index is 13.7. The van der Waals surface area contributed by atoms with Gasteiger partial charge in [-0.1, -0.05) is 6.92 Å². The molecule has 1 fully saturated rings. The molecule has 1 atom stereocenters. The number of methoxy groups -OCH3 is 1. The van der Waals surface area contributed by atoms with Crippen LogP contribution < -0.4 is 9.47 Å². The quantitative estimate of drug-likeness (QED) is 0.398. The van der Waals surface area contributed by atoms with E-state index in [2.05, 4.69) is 0 Å². The average Bonchev–Trinajstić information content (AvgIpc) is 2.79. The average molecular weight is 493 g/mol. The molecule has 0 N–H and O–H groups in total. The van der Waals surface area contributed by atoms with Gasteiger partial charge in [0.15, 0.2) is 11.5 Å². The Morgan fingerprint density at radius 1 is 1.11 bits per heavy atom. The molecule has 1 heterocycles. The van der Waals surface area contributed by atoms with E-state index in [0.29, 0.717) is 50.0 Å². The van der Waals surface area contributed by atoms with Crippen LogP contribution in [0.2, 0.25) is 0 Å². The summed E-state index contributed by atoms with van der Waals surface area (Å²) in [5, 5.41) is 0. The van der Waals surface area contributed by atoms with Crippen LogP contribution in [0.15, 0.2) is 18.2 Å². The second-order valence-corrected chi connectivity index (χ2v) is 10.2. The Balaban J connectivity index is 2.22. The monoisotopic (exact) mass is 492 g/mol. The molecule has 8 nitrogen and oxygen atoms in total. The number of piperidine rings is 1. The largest absolute Gasteiger partial charge is 0.490 e. The zero-order chi connectivity index (χ0) is 26.0. The molecule has 0 saturated carbocycles. The highest BCUT2D eigenvalue weighted by Crippen LogP contribution is 2.31. The normalized spacial score (nSPS) is 16.2. The van der Waals surface area contributed by atoms with Gasteiger partial charge in [0.1, 0.15) is 5.60 Å². The molecule has 0 aromatic heterocycles. The lowest BCUT2D eigenvalue weighted by Gasteiger charge is -2.41. The number of carbonyl (C=O) groups excluding carboxylic acids is 2. The number of nitrogens with zero attached hydrogens (tertiary/aromatic N) is 2. The molecule has 0 radical (unpaired) electrons. The summed E-state index contributed by atoms with van der Waals surface area (Å²) in [6.07, 6.45) is 2.94. The Bertz CT molecular complexity index is 820. The van der Waals surface area contributed by atoms with Gasteiger partial charge in [-0.05, 0) is 72.1 Å². The topological polar surface area (TPSA) is 77.5 Å². The van der Waals surface area contributed by atoms with Crippen molar-refractivity contribution in [1.82, 2.24) is 9.80 Å². The molecular formula is C27H44N2O6. The summed E-state index contributed by atoms with van der Waals surface area (Å²) in [6, 6.07) is 5.24. The van der Waals surface area contributed by atoms with E-state index in [4.69, 9.17) is 18.9 Å². The summed E-state index contributed by atoms with van der Waals surface area (Å²) >= 11 is 0. The number of likely N-dealkylation sites (tertiary alicyclic amines) is 1. The molecule has 0 unspecified atom stereocenters. The van der Waals surface area contributed by atoms with E-state index >= 15 is 0 Å². The fourth-order valence-electron chi connectivity index (χ4n) is 4.12. The Labute approximate surface area is 210 Å². The van der Waals surface area contributed by atoms with E-state index in [1.54, 1.807) is 30.2 Å². The predicted molar refractivity (Wildman–Crippen MR) is 136 cm³/mol. The Morgan fingerprint density at radius 2 is 1.83 bits per heavy atom. The minimum absolute atomic E-state index is 0.0341. The van der Waals surface area contributed by atoms with Crippen molar-refractivity contribution in [1.29, 1.82) is 0 Å². The minimum Gasteiger partial charge on any atom is -0.490 e. The lowest BCUT2D eigenvalue weighted by Crippen LogP contribution is -2.54. The second-order valence-electron chi connectivity index (χ2n) is 10.2. The van der Waals surface area contributed by atoms with Crippen LogP contribution in [-0.4, -0.2) is 79.5 Å². The third-order valence-corrected chi connectivity index (χ3v) is 5.64. The van der Waals surface area contributed by atoms with Crippen LogP contribution in [-0.2, 0) is 9.47 Å². The first-order valence-corrected chi connectivity index (χ1v) is 12.8. The maximum absolute atomic E-state index is 13.7. The van der Waals surface area contributed by atoms with E-state index in [9.17, 15) is 9.59 Å². The number of carbonyl (C=O) groups is 2. The highest BCUT2D eigenvalue weighted by atomic mass is 16.6. The summed E-state index contributed by atoms with van der Waals surface area (Å²) in [6.45, 7) is 14.4. The van der Waals surface area contributed by atoms with E-state index in [0.717, 1.165) is 25.7 Å². The molecular weight excluding hydrogens is 448 g/mol. The molecule has 0 spiro atoms. The van der Waals surface area contributed by atoms with Crippen molar-refractivity contribution in [3.8, 4) is 11.5 Å². The summed E-state index contributed by atoms with van der Waals surface area (Å²) in [5.74, 6) is 1.11. The van der Waals surface area contributed by atoms with Crippen LogP contribution in [0.3, 0.4) is 0 Å². The van der Waals surface area contributed by atoms with E-state index in [1.807, 2.05) is 46.4 Å². The number of amides is 2. The fourth-order valence-corrected chi connectivity index (χ4v) is 4.12. The van der Waals surface area contributed by atoms with Gasteiger partial charge < -0.3 is 28.7 Å². The van der Waals surface area contributed by atoms with Crippen molar-refractivity contribution in [2.75, 3.05) is 40.0 Å². The third-order valence-electron chi connectivity index (χ3n) is 5.64. The molecule has 1 aromatic rings. The van der Waals surface area contributed by atoms with Crippen molar-refractivity contribution in [3.63, 3.8) is 0 Å². The maximum Gasteiger partial charge on any atom is 0.410 e. The van der Waals surface area contributed by atoms with Gasteiger partial charge in [0.2, 0.25) is 0 Å². The van der Waals surface area contributed by atoms with Crippen molar-refractivity contribution >= 4 is 12.0 Å². The molecule has 198 valence electrons. The number of hydrogen-bond donors (Lipinski definition) is 0. The molecule has 0 aliphatic carbocycles. The van der Waals surface area contributed by atoms with Crippen molar-refractivity contribution < 1.29 is 28.5 Å². The van der Waals surface area contributed by atoms with Crippen molar-refractivity contribution in [2.45, 2.75) is 84.9 Å². The molecule has 1 aliphatic heterocycles. The van der Waals surface area contributed by atoms with Gasteiger partial charge in [0.05, 0.1) is 19.3 Å². The molecule has 8 heteroatoms. The summed E-state index contributed by atoms with van der Waals surface area (Å²) in [5.41, 5.74) is -0.0163. The van der Waals surface area contributed by atoms with Crippen LogP contribution in [0.25, 0.3) is 0 Å². The molecule has 35 heavy (non-hydrogen) atoms. The number of ether oxygens (including phenoxy) is 4. The van der Waals surface area contributed by atoms with Gasteiger partial charge in [0, 0.05) is 44.8 Å². The van der Waals surface area contributed by atoms with Gasteiger partial charge in [-0.2, -0.15) is 0 Å². The number of rotatable bonds is 11. The zero-order valence-corrected chi connectivity index (χ0v) is 22.6. The van der Waals surface area contributed by atoms with E-state index < -0.39 is 5.60 Å². The van der Waals surface area contributed by atoms with Gasteiger partial charge in [-0.25, -0.2) is 4.79 Å². The molecule has 1 aliphatic rings. The molecule has 1 saturated heterocycles. The fraction of sp³-hybridized carbons (Fsp3) is 0.704. The number of benzene rings is 1.